The lowest BCUT2D eigenvalue weighted by atomic mass is 10.1. The van der Waals surface area contributed by atoms with Crippen LogP contribution in [0.5, 0.6) is 0 Å². The van der Waals surface area contributed by atoms with Crippen molar-refractivity contribution in [3.8, 4) is 6.07 Å². The number of amides is 1. The molecule has 2 aromatic carbocycles. The van der Waals surface area contributed by atoms with E-state index in [1.54, 1.807) is 4.90 Å². The van der Waals surface area contributed by atoms with Gasteiger partial charge in [0.25, 0.3) is 5.69 Å². The summed E-state index contributed by atoms with van der Waals surface area (Å²) < 4.78 is 5.31. The van der Waals surface area contributed by atoms with Crippen LogP contribution in [-0.2, 0) is 11.3 Å². The van der Waals surface area contributed by atoms with E-state index in [4.69, 9.17) is 27.9 Å². The highest BCUT2D eigenvalue weighted by atomic mass is 35.5. The molecule has 29 heavy (non-hydrogen) atoms. The number of hydrogen-bond acceptors (Lipinski definition) is 6. The summed E-state index contributed by atoms with van der Waals surface area (Å²) in [5.41, 5.74) is 0.788. The Bertz CT molecular complexity index is 965. The van der Waals surface area contributed by atoms with E-state index in [0.29, 0.717) is 0 Å². The summed E-state index contributed by atoms with van der Waals surface area (Å²) in [6.07, 6.45) is -0.544. The van der Waals surface area contributed by atoms with Crippen LogP contribution in [-0.4, -0.2) is 41.6 Å². The maximum absolute atomic E-state index is 12.4. The predicted molar refractivity (Wildman–Crippen MR) is 108 cm³/mol. The summed E-state index contributed by atoms with van der Waals surface area (Å²) in [5.74, 6) is 0. The minimum absolute atomic E-state index is 0.0432. The minimum Gasteiger partial charge on any atom is -0.445 e. The molecule has 150 valence electrons. The highest BCUT2D eigenvalue weighted by Crippen LogP contribution is 2.37. The van der Waals surface area contributed by atoms with E-state index in [2.05, 4.69) is 6.07 Å². The monoisotopic (exact) mass is 434 g/mol. The molecule has 1 heterocycles. The second-order valence-electron chi connectivity index (χ2n) is 6.34. The Morgan fingerprint density at radius 3 is 2.59 bits per heavy atom. The van der Waals surface area contributed by atoms with Crippen LogP contribution >= 0.6 is 23.2 Å². The van der Waals surface area contributed by atoms with Crippen molar-refractivity contribution in [2.75, 3.05) is 24.5 Å². The third-order valence-electron chi connectivity index (χ3n) is 4.52. The van der Waals surface area contributed by atoms with E-state index in [0.717, 1.165) is 11.6 Å². The van der Waals surface area contributed by atoms with Gasteiger partial charge in [-0.1, -0.05) is 53.5 Å². The molecule has 0 N–H and O–H groups in total. The smallest absolute Gasteiger partial charge is 0.410 e. The number of nitriles is 1. The molecule has 1 aliphatic heterocycles. The van der Waals surface area contributed by atoms with E-state index < -0.39 is 17.1 Å². The summed E-state index contributed by atoms with van der Waals surface area (Å²) in [6, 6.07) is 13.1. The number of nitrogens with zero attached hydrogens (tertiary/aromatic N) is 4. The molecule has 3 rings (SSSR count). The van der Waals surface area contributed by atoms with Crippen molar-refractivity contribution in [2.45, 2.75) is 12.6 Å². The SMILES string of the molecule is N#CC1CN(C(=O)OCc2ccccc2)CCN1c1cc(Cl)c(Cl)cc1[N+](=O)[O-]. The lowest BCUT2D eigenvalue weighted by Gasteiger charge is -2.38. The lowest BCUT2D eigenvalue weighted by Crippen LogP contribution is -2.54. The first kappa shape index (κ1) is 20.7. The van der Waals surface area contributed by atoms with Gasteiger partial charge in [-0.3, -0.25) is 10.1 Å². The first-order chi connectivity index (χ1) is 13.9. The molecule has 1 saturated heterocycles. The van der Waals surface area contributed by atoms with Crippen LogP contribution in [0.4, 0.5) is 16.2 Å². The molecule has 0 bridgehead atoms. The molecule has 0 aliphatic carbocycles. The summed E-state index contributed by atoms with van der Waals surface area (Å²) in [5, 5.41) is 21.2. The molecule has 10 heteroatoms. The molecule has 1 fully saturated rings. The van der Waals surface area contributed by atoms with E-state index in [1.807, 2.05) is 30.3 Å². The number of piperazine rings is 1. The number of halogens is 2. The number of carbonyl (C=O) groups is 1. The number of benzene rings is 2. The molecule has 1 unspecified atom stereocenters. The zero-order chi connectivity index (χ0) is 21.0. The first-order valence-corrected chi connectivity index (χ1v) is 9.41. The number of nitro benzene ring substituents is 1. The topological polar surface area (TPSA) is 99.7 Å². The normalized spacial score (nSPS) is 16.2. The Morgan fingerprint density at radius 2 is 1.93 bits per heavy atom. The fraction of sp³-hybridized carbons (Fsp3) is 0.263. The van der Waals surface area contributed by atoms with Crippen molar-refractivity contribution < 1.29 is 14.5 Å². The van der Waals surface area contributed by atoms with E-state index in [1.165, 1.54) is 11.0 Å². The highest BCUT2D eigenvalue weighted by molar-refractivity contribution is 6.42. The van der Waals surface area contributed by atoms with Crippen LogP contribution in [0.25, 0.3) is 0 Å². The fourth-order valence-corrected chi connectivity index (χ4v) is 3.38. The molecule has 8 nitrogen and oxygen atoms in total. The quantitative estimate of drug-likeness (QED) is 0.526. The fourth-order valence-electron chi connectivity index (χ4n) is 3.06. The molecule has 0 spiro atoms. The third kappa shape index (κ3) is 4.70. The molecule has 1 aliphatic rings. The Balaban J connectivity index is 1.73. The van der Waals surface area contributed by atoms with E-state index >= 15 is 0 Å². The second-order valence-corrected chi connectivity index (χ2v) is 7.15. The van der Waals surface area contributed by atoms with Crippen LogP contribution < -0.4 is 4.90 Å². The summed E-state index contributed by atoms with van der Waals surface area (Å²) >= 11 is 11.9. The molecular formula is C19H16Cl2N4O4. The van der Waals surface area contributed by atoms with Gasteiger partial charge < -0.3 is 14.5 Å². The van der Waals surface area contributed by atoms with Gasteiger partial charge in [0.15, 0.2) is 0 Å². The summed E-state index contributed by atoms with van der Waals surface area (Å²) in [7, 11) is 0. The average molecular weight is 435 g/mol. The van der Waals surface area contributed by atoms with Gasteiger partial charge in [0.1, 0.15) is 18.3 Å². The second kappa shape index (κ2) is 8.99. The first-order valence-electron chi connectivity index (χ1n) is 8.66. The van der Waals surface area contributed by atoms with Gasteiger partial charge in [-0.15, -0.1) is 0 Å². The van der Waals surface area contributed by atoms with Crippen molar-refractivity contribution in [1.29, 1.82) is 5.26 Å². The van der Waals surface area contributed by atoms with Crippen molar-refractivity contribution in [2.24, 2.45) is 0 Å². The van der Waals surface area contributed by atoms with Gasteiger partial charge in [-0.05, 0) is 11.6 Å². The van der Waals surface area contributed by atoms with Gasteiger partial charge in [0.05, 0.1) is 27.6 Å². The van der Waals surface area contributed by atoms with Crippen LogP contribution in [0.2, 0.25) is 10.0 Å². The molecule has 1 amide bonds. The van der Waals surface area contributed by atoms with Gasteiger partial charge in [-0.25, -0.2) is 4.79 Å². The largest absolute Gasteiger partial charge is 0.445 e. The van der Waals surface area contributed by atoms with Gasteiger partial charge in [0, 0.05) is 19.2 Å². The number of rotatable bonds is 4. The van der Waals surface area contributed by atoms with E-state index in [9.17, 15) is 20.2 Å². The Kier molecular flexibility index (Phi) is 6.42. The number of hydrogen-bond donors (Lipinski definition) is 0. The molecule has 2 aromatic rings. The van der Waals surface area contributed by atoms with Crippen LogP contribution in [0.3, 0.4) is 0 Å². The van der Waals surface area contributed by atoms with Crippen molar-refractivity contribution in [3.63, 3.8) is 0 Å². The van der Waals surface area contributed by atoms with Crippen LogP contribution in [0, 0.1) is 21.4 Å². The molecule has 0 radical (unpaired) electrons. The van der Waals surface area contributed by atoms with Crippen molar-refractivity contribution in [3.05, 3.63) is 68.2 Å². The highest BCUT2D eigenvalue weighted by Gasteiger charge is 2.34. The Morgan fingerprint density at radius 1 is 1.24 bits per heavy atom. The predicted octanol–water partition coefficient (Wildman–Crippen LogP) is 4.25. The molecule has 0 saturated carbocycles. The zero-order valence-corrected chi connectivity index (χ0v) is 16.6. The van der Waals surface area contributed by atoms with Gasteiger partial charge in [-0.2, -0.15) is 5.26 Å². The summed E-state index contributed by atoms with van der Waals surface area (Å²) in [4.78, 5) is 26.2. The number of anilines is 1. The minimum atomic E-state index is -0.802. The maximum Gasteiger partial charge on any atom is 0.410 e. The summed E-state index contributed by atoms with van der Waals surface area (Å²) in [6.45, 7) is 0.609. The Labute approximate surface area is 176 Å². The van der Waals surface area contributed by atoms with Crippen molar-refractivity contribution in [1.82, 2.24) is 4.90 Å². The van der Waals surface area contributed by atoms with E-state index in [-0.39, 0.29) is 47.7 Å². The lowest BCUT2D eigenvalue weighted by molar-refractivity contribution is -0.384. The number of ether oxygens (including phenoxy) is 1. The van der Waals surface area contributed by atoms with Crippen LogP contribution in [0.15, 0.2) is 42.5 Å². The molecule has 1 atom stereocenters. The number of nitro groups is 1. The molecule has 0 aromatic heterocycles. The van der Waals surface area contributed by atoms with Crippen molar-refractivity contribution >= 4 is 40.7 Å². The Hall–Kier alpha value is -3.02. The third-order valence-corrected chi connectivity index (χ3v) is 5.24. The maximum atomic E-state index is 12.4. The molecular weight excluding hydrogens is 419 g/mol. The van der Waals surface area contributed by atoms with Crippen LogP contribution in [0.1, 0.15) is 5.56 Å². The zero-order valence-electron chi connectivity index (χ0n) is 15.1. The standard InChI is InChI=1S/C19H16Cl2N4O4/c20-15-8-17(18(25(27)28)9-16(15)21)24-7-6-23(11-14(24)10-22)19(26)29-12-13-4-2-1-3-5-13/h1-5,8-9,14H,6-7,11-12H2. The van der Waals surface area contributed by atoms with Gasteiger partial charge >= 0.3 is 6.09 Å². The van der Waals surface area contributed by atoms with Gasteiger partial charge in [0.2, 0.25) is 0 Å². The average Bonchev–Trinajstić information content (AvgIpc) is 2.73. The number of carbonyl (C=O) groups excluding carboxylic acids is 1.